The number of aromatic amines is 1. The largest absolute Gasteiger partial charge is 0.438 e. The van der Waals surface area contributed by atoms with Crippen LogP contribution >= 0.6 is 0 Å². The number of ether oxygens (including phenoxy) is 1. The predicted octanol–water partition coefficient (Wildman–Crippen LogP) is 6.65. The van der Waals surface area contributed by atoms with Crippen molar-refractivity contribution in [2.45, 2.75) is 100 Å². The SMILES string of the molecule is Cc1cc(-n2c(NCCc3ccc(S(=O)(=O)C4CC4)cc3)nc3c(c2=O)CCN(C(=O)c2cc4cc(C5CCOCC5)ccc4n2C2(c4noc(=O)[nH]4)CC2C)C3C)cc(C)c1F. The van der Waals surface area contributed by atoms with Crippen molar-refractivity contribution in [3.8, 4) is 5.69 Å². The lowest BCUT2D eigenvalue weighted by atomic mass is 9.91. The lowest BCUT2D eigenvalue weighted by Gasteiger charge is -2.35. The number of H-pyrrole nitrogens is 1. The fourth-order valence-electron chi connectivity index (χ4n) is 9.97. The van der Waals surface area contributed by atoms with Crippen LogP contribution in [0.25, 0.3) is 16.6 Å². The molecule has 2 aliphatic heterocycles. The Labute approximate surface area is 363 Å². The van der Waals surface area contributed by atoms with E-state index in [1.165, 1.54) is 10.1 Å². The predicted molar refractivity (Wildman–Crippen MR) is 234 cm³/mol. The molecule has 4 aliphatic rings. The van der Waals surface area contributed by atoms with E-state index in [0.29, 0.717) is 95.8 Å². The summed E-state index contributed by atoms with van der Waals surface area (Å²) in [5, 5.41) is 8.11. The first kappa shape index (κ1) is 41.2. The third-order valence-electron chi connectivity index (χ3n) is 13.8. The molecule has 16 heteroatoms. The Bertz CT molecular complexity index is 3010. The second-order valence-corrected chi connectivity index (χ2v) is 20.1. The zero-order valence-corrected chi connectivity index (χ0v) is 36.6. The molecule has 0 spiro atoms. The Hall–Kier alpha value is -5.87. The quantitative estimate of drug-likeness (QED) is 0.144. The second-order valence-electron chi connectivity index (χ2n) is 17.9. The summed E-state index contributed by atoms with van der Waals surface area (Å²) in [4.78, 5) is 52.2. The number of anilines is 1. The number of hydrogen-bond acceptors (Lipinski definition) is 10. The van der Waals surface area contributed by atoms with Gasteiger partial charge in [-0.05, 0) is 142 Å². The third kappa shape index (κ3) is 7.01. The number of hydrogen-bond donors (Lipinski definition) is 2. The van der Waals surface area contributed by atoms with Crippen LogP contribution in [0.5, 0.6) is 0 Å². The number of nitrogens with one attached hydrogen (secondary N) is 2. The molecule has 2 aliphatic carbocycles. The molecular weight excluding hydrogens is 826 g/mol. The lowest BCUT2D eigenvalue weighted by molar-refractivity contribution is 0.0658. The van der Waals surface area contributed by atoms with Crippen LogP contribution in [0, 0.1) is 25.6 Å². The Morgan fingerprint density at radius 1 is 0.984 bits per heavy atom. The normalized spacial score (nSPS) is 21.4. The Morgan fingerprint density at radius 2 is 1.70 bits per heavy atom. The van der Waals surface area contributed by atoms with Crippen molar-refractivity contribution in [2.75, 3.05) is 31.6 Å². The highest BCUT2D eigenvalue weighted by atomic mass is 32.2. The molecule has 1 amide bonds. The fourth-order valence-corrected chi connectivity index (χ4v) is 11.6. The van der Waals surface area contributed by atoms with Gasteiger partial charge in [-0.15, -0.1) is 0 Å². The molecule has 5 heterocycles. The molecule has 3 aromatic carbocycles. The van der Waals surface area contributed by atoms with E-state index >= 15 is 4.79 Å². The van der Waals surface area contributed by atoms with Crippen molar-refractivity contribution < 1.29 is 26.9 Å². The van der Waals surface area contributed by atoms with Crippen LogP contribution in [0.3, 0.4) is 0 Å². The highest BCUT2D eigenvalue weighted by Gasteiger charge is 2.59. The number of carbonyl (C=O) groups excluding carboxylic acids is 1. The van der Waals surface area contributed by atoms with Crippen LogP contribution < -0.4 is 16.6 Å². The summed E-state index contributed by atoms with van der Waals surface area (Å²) in [5.74, 6) is -0.303. The molecule has 3 fully saturated rings. The maximum atomic E-state index is 15.2. The smallest absolute Gasteiger partial charge is 0.381 e. The average molecular weight is 876 g/mol. The lowest BCUT2D eigenvalue weighted by Crippen LogP contribution is -2.44. The number of aryl methyl sites for hydroxylation is 2. The number of fused-ring (bicyclic) bond motifs is 2. The van der Waals surface area contributed by atoms with Crippen molar-refractivity contribution >= 4 is 32.6 Å². The van der Waals surface area contributed by atoms with Crippen LogP contribution in [0.15, 0.2) is 79.7 Å². The zero-order valence-electron chi connectivity index (χ0n) is 35.7. The topological polar surface area (TPSA) is 174 Å². The van der Waals surface area contributed by atoms with Gasteiger partial charge in [-0.25, -0.2) is 27.2 Å². The van der Waals surface area contributed by atoms with Gasteiger partial charge in [-0.1, -0.05) is 30.3 Å². The monoisotopic (exact) mass is 875 g/mol. The van der Waals surface area contributed by atoms with Gasteiger partial charge in [0.15, 0.2) is 15.7 Å². The van der Waals surface area contributed by atoms with Crippen molar-refractivity contribution in [3.63, 3.8) is 0 Å². The molecule has 2 N–H and O–H groups in total. The van der Waals surface area contributed by atoms with Gasteiger partial charge in [0.25, 0.3) is 11.5 Å². The van der Waals surface area contributed by atoms with E-state index in [4.69, 9.17) is 14.2 Å². The maximum Gasteiger partial charge on any atom is 0.438 e. The molecule has 1 saturated heterocycles. The molecule has 10 rings (SSSR count). The number of nitrogens with zero attached hydrogens (tertiary/aromatic N) is 5. The standard InChI is InChI=1S/C47H50FN7O7S/c1-26-21-34(22-27(2)40(26)48)54-42(56)37-14-18-53(29(4)41(37)50-45(54)49-17-13-30-5-8-35(9-6-30)63(59,60)36-10-11-36)43(57)39-24-33-23-32(31-15-19-61-20-16-31)7-12-38(33)55(39)47(25-28(47)3)44-51-46(58)62-52-44/h5-9,12,21-24,28-29,31,36H,10-11,13-20,25H2,1-4H3,(H,49,50)(H,51,52,58). The van der Waals surface area contributed by atoms with E-state index in [1.54, 1.807) is 55.1 Å². The summed E-state index contributed by atoms with van der Waals surface area (Å²) in [6.07, 6.45) is 4.56. The molecule has 0 radical (unpaired) electrons. The van der Waals surface area contributed by atoms with E-state index in [9.17, 15) is 22.4 Å². The van der Waals surface area contributed by atoms with E-state index < -0.39 is 27.2 Å². The first-order chi connectivity index (χ1) is 30.3. The molecular formula is C47H50FN7O7S. The molecule has 328 valence electrons. The minimum Gasteiger partial charge on any atom is -0.381 e. The van der Waals surface area contributed by atoms with Gasteiger partial charge in [0.1, 0.15) is 17.1 Å². The molecule has 2 saturated carbocycles. The number of sulfone groups is 1. The highest BCUT2D eigenvalue weighted by Crippen LogP contribution is 2.56. The van der Waals surface area contributed by atoms with Crippen LogP contribution in [-0.2, 0) is 33.0 Å². The first-order valence-electron chi connectivity index (χ1n) is 21.9. The molecule has 63 heavy (non-hydrogen) atoms. The number of carbonyl (C=O) groups is 1. The summed E-state index contributed by atoms with van der Waals surface area (Å²) in [6, 6.07) is 17.8. The van der Waals surface area contributed by atoms with E-state index in [-0.39, 0.29) is 47.4 Å². The van der Waals surface area contributed by atoms with Crippen molar-refractivity contribution in [2.24, 2.45) is 5.92 Å². The molecule has 3 unspecified atom stereocenters. The molecule has 3 aromatic heterocycles. The van der Waals surface area contributed by atoms with Gasteiger partial charge in [-0.2, -0.15) is 0 Å². The second kappa shape index (κ2) is 15.4. The Kier molecular flexibility index (Phi) is 10.1. The number of benzene rings is 3. The number of rotatable bonds is 11. The maximum absolute atomic E-state index is 15.2. The molecule has 0 bridgehead atoms. The van der Waals surface area contributed by atoms with Gasteiger partial charge in [0, 0.05) is 42.8 Å². The fraction of sp³-hybridized carbons (Fsp3) is 0.426. The minimum absolute atomic E-state index is 0.0243. The highest BCUT2D eigenvalue weighted by molar-refractivity contribution is 7.92. The summed E-state index contributed by atoms with van der Waals surface area (Å²) in [5.41, 5.74) is 4.39. The van der Waals surface area contributed by atoms with Crippen LogP contribution in [0.1, 0.15) is 108 Å². The van der Waals surface area contributed by atoms with Crippen molar-refractivity contribution in [1.29, 1.82) is 0 Å². The minimum atomic E-state index is -3.32. The number of amides is 1. The van der Waals surface area contributed by atoms with Crippen LogP contribution in [0.2, 0.25) is 0 Å². The Balaban J connectivity index is 1.02. The molecule has 6 aromatic rings. The van der Waals surface area contributed by atoms with E-state index in [2.05, 4.69) is 40.6 Å². The Morgan fingerprint density at radius 3 is 2.35 bits per heavy atom. The van der Waals surface area contributed by atoms with Gasteiger partial charge in [-0.3, -0.25) is 19.1 Å². The van der Waals surface area contributed by atoms with Gasteiger partial charge < -0.3 is 19.5 Å². The zero-order chi connectivity index (χ0) is 43.9. The van der Waals surface area contributed by atoms with Crippen molar-refractivity contribution in [3.05, 3.63) is 132 Å². The summed E-state index contributed by atoms with van der Waals surface area (Å²) < 4.78 is 54.7. The number of aromatic nitrogens is 5. The van der Waals surface area contributed by atoms with Crippen molar-refractivity contribution in [1.82, 2.24) is 29.2 Å². The first-order valence-corrected chi connectivity index (χ1v) is 23.4. The summed E-state index contributed by atoms with van der Waals surface area (Å²) in [7, 11) is -3.32. The summed E-state index contributed by atoms with van der Waals surface area (Å²) in [6.45, 7) is 9.23. The van der Waals surface area contributed by atoms with E-state index in [0.717, 1.165) is 29.3 Å². The van der Waals surface area contributed by atoms with Crippen LogP contribution in [0.4, 0.5) is 10.3 Å². The van der Waals surface area contributed by atoms with Gasteiger partial charge in [0.05, 0.1) is 27.6 Å². The molecule has 14 nitrogen and oxygen atoms in total. The number of halogens is 1. The summed E-state index contributed by atoms with van der Waals surface area (Å²) >= 11 is 0. The third-order valence-corrected chi connectivity index (χ3v) is 16.1. The average Bonchev–Trinajstić information content (AvgIpc) is 4.17. The van der Waals surface area contributed by atoms with Crippen LogP contribution in [-0.4, -0.2) is 75.0 Å². The van der Waals surface area contributed by atoms with E-state index in [1.807, 2.05) is 17.6 Å². The van der Waals surface area contributed by atoms with Gasteiger partial charge in [0.2, 0.25) is 5.95 Å². The van der Waals surface area contributed by atoms with Gasteiger partial charge >= 0.3 is 5.76 Å². The molecule has 3 atom stereocenters.